The summed E-state index contributed by atoms with van der Waals surface area (Å²) in [6.45, 7) is 7.24. The van der Waals surface area contributed by atoms with Crippen molar-refractivity contribution in [2.24, 2.45) is 0 Å². The van der Waals surface area contributed by atoms with Crippen molar-refractivity contribution in [1.82, 2.24) is 9.97 Å². The molecule has 2 N–H and O–H groups in total. The SMILES string of the molecule is CCNc1cncc(Nc2ccccc2C(C)C)n1. The molecule has 4 heteroatoms. The van der Waals surface area contributed by atoms with Gasteiger partial charge in [-0.05, 0) is 24.5 Å². The molecule has 0 aliphatic carbocycles. The van der Waals surface area contributed by atoms with E-state index in [-0.39, 0.29) is 0 Å². The summed E-state index contributed by atoms with van der Waals surface area (Å²) in [7, 11) is 0. The lowest BCUT2D eigenvalue weighted by molar-refractivity contribution is 0.869. The Bertz CT molecular complexity index is 537. The van der Waals surface area contributed by atoms with Gasteiger partial charge < -0.3 is 10.6 Å². The fourth-order valence-electron chi connectivity index (χ4n) is 1.94. The fraction of sp³-hybridized carbons (Fsp3) is 0.333. The highest BCUT2D eigenvalue weighted by atomic mass is 15.1. The third-order valence-electron chi connectivity index (χ3n) is 2.84. The lowest BCUT2D eigenvalue weighted by Crippen LogP contribution is -2.03. The summed E-state index contributed by atoms with van der Waals surface area (Å²) in [5.41, 5.74) is 2.36. The maximum atomic E-state index is 4.47. The summed E-state index contributed by atoms with van der Waals surface area (Å²) in [4.78, 5) is 8.66. The maximum absolute atomic E-state index is 4.47. The van der Waals surface area contributed by atoms with Gasteiger partial charge >= 0.3 is 0 Å². The van der Waals surface area contributed by atoms with Crippen LogP contribution in [-0.4, -0.2) is 16.5 Å². The van der Waals surface area contributed by atoms with E-state index in [9.17, 15) is 0 Å². The molecule has 2 rings (SSSR count). The summed E-state index contributed by atoms with van der Waals surface area (Å²) >= 11 is 0. The molecule has 0 aliphatic heterocycles. The molecule has 0 saturated heterocycles. The van der Waals surface area contributed by atoms with Gasteiger partial charge in [-0.25, -0.2) is 4.98 Å². The normalized spacial score (nSPS) is 10.5. The molecule has 0 unspecified atom stereocenters. The molecule has 100 valence electrons. The zero-order valence-corrected chi connectivity index (χ0v) is 11.6. The van der Waals surface area contributed by atoms with E-state index >= 15 is 0 Å². The first-order valence-electron chi connectivity index (χ1n) is 6.62. The van der Waals surface area contributed by atoms with Gasteiger partial charge in [-0.15, -0.1) is 0 Å². The summed E-state index contributed by atoms with van der Waals surface area (Å²) in [6.07, 6.45) is 3.46. The smallest absolute Gasteiger partial charge is 0.151 e. The third-order valence-corrected chi connectivity index (χ3v) is 2.84. The van der Waals surface area contributed by atoms with Crippen LogP contribution in [0.3, 0.4) is 0 Å². The molecule has 1 aromatic heterocycles. The molecule has 19 heavy (non-hydrogen) atoms. The first kappa shape index (κ1) is 13.3. The number of para-hydroxylation sites is 1. The van der Waals surface area contributed by atoms with Gasteiger partial charge in [0, 0.05) is 12.2 Å². The van der Waals surface area contributed by atoms with E-state index in [2.05, 4.69) is 52.6 Å². The second kappa shape index (κ2) is 6.18. The van der Waals surface area contributed by atoms with Crippen LogP contribution in [0.2, 0.25) is 0 Å². The minimum Gasteiger partial charge on any atom is -0.369 e. The van der Waals surface area contributed by atoms with Crippen molar-refractivity contribution < 1.29 is 0 Å². The number of aromatic nitrogens is 2. The van der Waals surface area contributed by atoms with Gasteiger partial charge in [0.25, 0.3) is 0 Å². The second-order valence-electron chi connectivity index (χ2n) is 4.69. The summed E-state index contributed by atoms with van der Waals surface area (Å²) in [5, 5.41) is 6.50. The van der Waals surface area contributed by atoms with Crippen LogP contribution in [-0.2, 0) is 0 Å². The van der Waals surface area contributed by atoms with Gasteiger partial charge in [0.15, 0.2) is 5.82 Å². The Hall–Kier alpha value is -2.10. The minimum absolute atomic E-state index is 0.466. The van der Waals surface area contributed by atoms with E-state index in [1.807, 2.05) is 13.0 Å². The van der Waals surface area contributed by atoms with Crippen LogP contribution in [0, 0.1) is 0 Å². The molecular formula is C15H20N4. The van der Waals surface area contributed by atoms with E-state index in [0.717, 1.165) is 23.9 Å². The molecule has 0 aliphatic rings. The van der Waals surface area contributed by atoms with E-state index in [0.29, 0.717) is 5.92 Å². The third kappa shape index (κ3) is 3.44. The molecule has 2 aromatic rings. The van der Waals surface area contributed by atoms with Gasteiger partial charge in [0.05, 0.1) is 12.4 Å². The first-order chi connectivity index (χ1) is 9.20. The van der Waals surface area contributed by atoms with E-state index in [4.69, 9.17) is 0 Å². The van der Waals surface area contributed by atoms with Gasteiger partial charge in [-0.2, -0.15) is 0 Å². The second-order valence-corrected chi connectivity index (χ2v) is 4.69. The average molecular weight is 256 g/mol. The van der Waals surface area contributed by atoms with Gasteiger partial charge in [0.2, 0.25) is 0 Å². The first-order valence-corrected chi connectivity index (χ1v) is 6.62. The van der Waals surface area contributed by atoms with Gasteiger partial charge in [0.1, 0.15) is 5.82 Å². The molecule has 0 saturated carbocycles. The van der Waals surface area contributed by atoms with Crippen LogP contribution in [0.4, 0.5) is 17.3 Å². The average Bonchev–Trinajstić information content (AvgIpc) is 2.40. The van der Waals surface area contributed by atoms with Gasteiger partial charge in [-0.1, -0.05) is 32.0 Å². The molecule has 1 heterocycles. The largest absolute Gasteiger partial charge is 0.369 e. The molecular weight excluding hydrogens is 236 g/mol. The quantitative estimate of drug-likeness (QED) is 0.855. The highest BCUT2D eigenvalue weighted by Gasteiger charge is 2.06. The highest BCUT2D eigenvalue weighted by Crippen LogP contribution is 2.26. The van der Waals surface area contributed by atoms with E-state index < -0.39 is 0 Å². The fourth-order valence-corrected chi connectivity index (χ4v) is 1.94. The Morgan fingerprint density at radius 3 is 2.58 bits per heavy atom. The minimum atomic E-state index is 0.466. The Labute approximate surface area is 114 Å². The van der Waals surface area contributed by atoms with Crippen molar-refractivity contribution in [2.45, 2.75) is 26.7 Å². The van der Waals surface area contributed by atoms with Crippen LogP contribution < -0.4 is 10.6 Å². The van der Waals surface area contributed by atoms with E-state index in [1.54, 1.807) is 12.4 Å². The Morgan fingerprint density at radius 2 is 1.84 bits per heavy atom. The van der Waals surface area contributed by atoms with Crippen molar-refractivity contribution in [3.63, 3.8) is 0 Å². The number of hydrogen-bond donors (Lipinski definition) is 2. The Balaban J connectivity index is 2.23. The van der Waals surface area contributed by atoms with Crippen molar-refractivity contribution >= 4 is 17.3 Å². The lowest BCUT2D eigenvalue weighted by atomic mass is 10.0. The van der Waals surface area contributed by atoms with Crippen LogP contribution >= 0.6 is 0 Å². The van der Waals surface area contributed by atoms with Crippen LogP contribution in [0.1, 0.15) is 32.3 Å². The number of rotatable bonds is 5. The number of nitrogens with one attached hydrogen (secondary N) is 2. The van der Waals surface area contributed by atoms with E-state index in [1.165, 1.54) is 5.56 Å². The number of benzene rings is 1. The number of anilines is 3. The van der Waals surface area contributed by atoms with Crippen molar-refractivity contribution in [3.05, 3.63) is 42.2 Å². The van der Waals surface area contributed by atoms with Gasteiger partial charge in [-0.3, -0.25) is 4.98 Å². The summed E-state index contributed by atoms with van der Waals surface area (Å²) < 4.78 is 0. The molecule has 0 radical (unpaired) electrons. The number of hydrogen-bond acceptors (Lipinski definition) is 4. The monoisotopic (exact) mass is 256 g/mol. The predicted octanol–water partition coefficient (Wildman–Crippen LogP) is 3.78. The molecule has 0 fully saturated rings. The maximum Gasteiger partial charge on any atom is 0.151 e. The van der Waals surface area contributed by atoms with Crippen LogP contribution in [0.15, 0.2) is 36.7 Å². The zero-order chi connectivity index (χ0) is 13.7. The van der Waals surface area contributed by atoms with Crippen LogP contribution in [0.25, 0.3) is 0 Å². The van der Waals surface area contributed by atoms with Crippen molar-refractivity contribution in [3.8, 4) is 0 Å². The molecule has 1 aromatic carbocycles. The lowest BCUT2D eigenvalue weighted by Gasteiger charge is -2.14. The highest BCUT2D eigenvalue weighted by molar-refractivity contribution is 5.61. The summed E-state index contributed by atoms with van der Waals surface area (Å²) in [6, 6.07) is 8.28. The molecule has 0 bridgehead atoms. The van der Waals surface area contributed by atoms with Crippen molar-refractivity contribution in [1.29, 1.82) is 0 Å². The molecule has 0 spiro atoms. The van der Waals surface area contributed by atoms with Crippen molar-refractivity contribution in [2.75, 3.05) is 17.2 Å². The predicted molar refractivity (Wildman–Crippen MR) is 80.0 cm³/mol. The topological polar surface area (TPSA) is 49.8 Å². The number of nitrogens with zero attached hydrogens (tertiary/aromatic N) is 2. The molecule has 0 amide bonds. The van der Waals surface area contributed by atoms with Crippen LogP contribution in [0.5, 0.6) is 0 Å². The summed E-state index contributed by atoms with van der Waals surface area (Å²) in [5.74, 6) is 2.01. The zero-order valence-electron chi connectivity index (χ0n) is 11.6. The Kier molecular flexibility index (Phi) is 4.34. The standard InChI is InChI=1S/C15H20N4/c1-4-17-14-9-16-10-15(19-14)18-13-8-6-5-7-12(13)11(2)3/h5-11H,4H2,1-3H3,(H2,17,18,19). The molecule has 4 nitrogen and oxygen atoms in total. The molecule has 0 atom stereocenters. The Morgan fingerprint density at radius 1 is 1.11 bits per heavy atom.